The monoisotopic (exact) mass is 273 g/mol. The lowest BCUT2D eigenvalue weighted by Crippen LogP contribution is -2.49. The summed E-state index contributed by atoms with van der Waals surface area (Å²) in [5, 5.41) is 2.94. The van der Waals surface area contributed by atoms with Gasteiger partial charge in [-0.25, -0.2) is 0 Å². The van der Waals surface area contributed by atoms with Crippen molar-refractivity contribution in [2.24, 2.45) is 11.1 Å². The van der Waals surface area contributed by atoms with E-state index in [9.17, 15) is 4.79 Å². The smallest absolute Gasteiger partial charge is 0.237 e. The van der Waals surface area contributed by atoms with E-state index in [1.807, 2.05) is 6.92 Å². The molecule has 5 nitrogen and oxygen atoms in total. The molecule has 1 amide bonds. The Morgan fingerprint density at radius 1 is 1.47 bits per heavy atom. The van der Waals surface area contributed by atoms with Crippen molar-refractivity contribution in [1.82, 2.24) is 10.2 Å². The van der Waals surface area contributed by atoms with Gasteiger partial charge in [0.2, 0.25) is 5.91 Å². The van der Waals surface area contributed by atoms with Crippen LogP contribution in [0.25, 0.3) is 0 Å². The first-order chi connectivity index (χ1) is 8.87. The Kier molecular flexibility index (Phi) is 8.97. The van der Waals surface area contributed by atoms with Crippen molar-refractivity contribution < 1.29 is 9.53 Å². The highest BCUT2D eigenvalue weighted by molar-refractivity contribution is 5.81. The van der Waals surface area contributed by atoms with Gasteiger partial charge in [-0.15, -0.1) is 0 Å². The molecule has 0 aliphatic rings. The van der Waals surface area contributed by atoms with Crippen LogP contribution in [0.5, 0.6) is 0 Å². The van der Waals surface area contributed by atoms with E-state index in [1.165, 1.54) is 0 Å². The van der Waals surface area contributed by atoms with Gasteiger partial charge in [-0.1, -0.05) is 20.8 Å². The fourth-order valence-corrected chi connectivity index (χ4v) is 1.88. The Morgan fingerprint density at radius 3 is 2.58 bits per heavy atom. The van der Waals surface area contributed by atoms with E-state index < -0.39 is 0 Å². The lowest BCUT2D eigenvalue weighted by molar-refractivity contribution is -0.126. The molecule has 0 aromatic heterocycles. The van der Waals surface area contributed by atoms with Crippen molar-refractivity contribution in [3.05, 3.63) is 0 Å². The Morgan fingerprint density at radius 2 is 2.11 bits per heavy atom. The molecule has 0 heterocycles. The normalized spacial score (nSPS) is 13.6. The largest absolute Gasteiger partial charge is 0.385 e. The minimum absolute atomic E-state index is 0.0284. The number of hydrogen-bond donors (Lipinski definition) is 2. The lowest BCUT2D eigenvalue weighted by Gasteiger charge is -2.34. The highest BCUT2D eigenvalue weighted by atomic mass is 16.5. The van der Waals surface area contributed by atoms with Gasteiger partial charge in [0.05, 0.1) is 6.04 Å². The van der Waals surface area contributed by atoms with E-state index in [2.05, 4.69) is 31.0 Å². The van der Waals surface area contributed by atoms with Crippen LogP contribution in [0.4, 0.5) is 0 Å². The molecule has 1 atom stereocenters. The number of nitrogens with two attached hydrogens (primary N) is 1. The maximum atomic E-state index is 12.1. The molecule has 0 fully saturated rings. The Hall–Kier alpha value is -0.650. The first-order valence-corrected chi connectivity index (χ1v) is 7.08. The van der Waals surface area contributed by atoms with E-state index in [0.29, 0.717) is 19.7 Å². The van der Waals surface area contributed by atoms with E-state index in [-0.39, 0.29) is 17.4 Å². The second-order valence-corrected chi connectivity index (χ2v) is 5.74. The molecule has 0 saturated carbocycles. The highest BCUT2D eigenvalue weighted by Gasteiger charge is 2.25. The first-order valence-electron chi connectivity index (χ1n) is 7.08. The highest BCUT2D eigenvalue weighted by Crippen LogP contribution is 2.16. The Balaban J connectivity index is 4.25. The third kappa shape index (κ3) is 7.50. The molecule has 0 rings (SSSR count). The molecule has 0 aromatic carbocycles. The zero-order valence-electron chi connectivity index (χ0n) is 13.2. The Labute approximate surface area is 117 Å². The van der Waals surface area contributed by atoms with Crippen molar-refractivity contribution in [1.29, 1.82) is 0 Å². The molecule has 0 aliphatic heterocycles. The minimum atomic E-state index is -0.127. The maximum absolute atomic E-state index is 12.1. The van der Waals surface area contributed by atoms with Gasteiger partial charge >= 0.3 is 0 Å². The second kappa shape index (κ2) is 9.28. The first kappa shape index (κ1) is 18.4. The van der Waals surface area contributed by atoms with E-state index in [1.54, 1.807) is 7.11 Å². The predicted molar refractivity (Wildman–Crippen MR) is 79.0 cm³/mol. The quantitative estimate of drug-likeness (QED) is 0.579. The average Bonchev–Trinajstić information content (AvgIpc) is 2.40. The van der Waals surface area contributed by atoms with Crippen LogP contribution in [0.3, 0.4) is 0 Å². The summed E-state index contributed by atoms with van der Waals surface area (Å²) in [5.74, 6) is 0.0748. The van der Waals surface area contributed by atoms with Gasteiger partial charge in [-0.3, -0.25) is 9.69 Å². The predicted octanol–water partition coefficient (Wildman–Crippen LogP) is 0.834. The fraction of sp³-hybridized carbons (Fsp3) is 0.929. The minimum Gasteiger partial charge on any atom is -0.385 e. The third-order valence-electron chi connectivity index (χ3n) is 3.34. The van der Waals surface area contributed by atoms with Crippen molar-refractivity contribution in [3.8, 4) is 0 Å². The molecule has 0 bridgehead atoms. The summed E-state index contributed by atoms with van der Waals surface area (Å²) >= 11 is 0. The Bertz CT molecular complexity index is 257. The molecular weight excluding hydrogens is 242 g/mol. The number of nitrogens with zero attached hydrogens (tertiary/aromatic N) is 1. The summed E-state index contributed by atoms with van der Waals surface area (Å²) in [5.41, 5.74) is 5.79. The zero-order chi connectivity index (χ0) is 14.9. The van der Waals surface area contributed by atoms with Gasteiger partial charge in [0, 0.05) is 26.8 Å². The second-order valence-electron chi connectivity index (χ2n) is 5.74. The van der Waals surface area contributed by atoms with Crippen LogP contribution in [0, 0.1) is 5.41 Å². The van der Waals surface area contributed by atoms with Gasteiger partial charge in [0.15, 0.2) is 0 Å². The van der Waals surface area contributed by atoms with Crippen LogP contribution in [0.1, 0.15) is 34.1 Å². The van der Waals surface area contributed by atoms with Gasteiger partial charge in [-0.2, -0.15) is 0 Å². The van der Waals surface area contributed by atoms with Crippen LogP contribution in [0.2, 0.25) is 0 Å². The van der Waals surface area contributed by atoms with Crippen LogP contribution < -0.4 is 11.1 Å². The summed E-state index contributed by atoms with van der Waals surface area (Å²) in [6, 6.07) is -0.127. The average molecular weight is 273 g/mol. The van der Waals surface area contributed by atoms with Crippen molar-refractivity contribution >= 4 is 5.91 Å². The van der Waals surface area contributed by atoms with Crippen molar-refractivity contribution in [2.45, 2.75) is 40.2 Å². The van der Waals surface area contributed by atoms with Crippen LogP contribution in [0.15, 0.2) is 0 Å². The summed E-state index contributed by atoms with van der Waals surface area (Å²) in [7, 11) is 1.66. The zero-order valence-corrected chi connectivity index (χ0v) is 13.2. The number of likely N-dealkylation sites (N-methyl/N-ethyl adjacent to an activating group) is 1. The van der Waals surface area contributed by atoms with Gasteiger partial charge < -0.3 is 15.8 Å². The number of hydrogen-bond acceptors (Lipinski definition) is 4. The molecule has 0 radical (unpaired) electrons. The molecule has 0 saturated heterocycles. The number of nitrogens with one attached hydrogen (secondary N) is 1. The number of ether oxygens (including phenoxy) is 1. The summed E-state index contributed by atoms with van der Waals surface area (Å²) < 4.78 is 4.96. The number of amides is 1. The van der Waals surface area contributed by atoms with Crippen molar-refractivity contribution in [3.63, 3.8) is 0 Å². The molecule has 19 heavy (non-hydrogen) atoms. The molecular formula is C14H31N3O2. The van der Waals surface area contributed by atoms with E-state index in [4.69, 9.17) is 10.5 Å². The van der Waals surface area contributed by atoms with E-state index >= 15 is 0 Å². The topological polar surface area (TPSA) is 67.6 Å². The standard InChI is InChI=1S/C14H31N3O2/c1-6-17(11-14(3,4)10-15)12(2)13(18)16-8-7-9-19-5/h12H,6-11,15H2,1-5H3,(H,16,18). The number of rotatable bonds is 10. The maximum Gasteiger partial charge on any atom is 0.237 e. The lowest BCUT2D eigenvalue weighted by atomic mass is 9.92. The number of carbonyl (C=O) groups excluding carboxylic acids is 1. The van der Waals surface area contributed by atoms with Crippen LogP contribution in [-0.4, -0.2) is 56.7 Å². The van der Waals surface area contributed by atoms with Gasteiger partial charge in [0.1, 0.15) is 0 Å². The molecule has 0 aliphatic carbocycles. The van der Waals surface area contributed by atoms with Gasteiger partial charge in [-0.05, 0) is 31.8 Å². The summed E-state index contributed by atoms with van der Waals surface area (Å²) in [6.45, 7) is 11.9. The third-order valence-corrected chi connectivity index (χ3v) is 3.34. The number of carbonyl (C=O) groups is 1. The molecule has 5 heteroatoms. The van der Waals surface area contributed by atoms with Crippen molar-refractivity contribution in [2.75, 3.05) is 39.9 Å². The van der Waals surface area contributed by atoms with Gasteiger partial charge in [0.25, 0.3) is 0 Å². The SMILES string of the molecule is CCN(CC(C)(C)CN)C(C)C(=O)NCCCOC. The molecule has 0 aromatic rings. The van der Waals surface area contributed by atoms with Crippen LogP contribution >= 0.6 is 0 Å². The summed E-state index contributed by atoms with van der Waals surface area (Å²) in [4.78, 5) is 14.2. The molecule has 1 unspecified atom stereocenters. The van der Waals surface area contributed by atoms with E-state index in [0.717, 1.165) is 19.5 Å². The summed E-state index contributed by atoms with van der Waals surface area (Å²) in [6.07, 6.45) is 0.843. The van der Waals surface area contributed by atoms with Crippen LogP contribution in [-0.2, 0) is 9.53 Å². The molecule has 114 valence electrons. The number of methoxy groups -OCH3 is 1. The fourth-order valence-electron chi connectivity index (χ4n) is 1.88. The molecule has 0 spiro atoms. The molecule has 3 N–H and O–H groups in total.